The van der Waals surface area contributed by atoms with E-state index < -0.39 is 11.7 Å². The molecule has 0 radical (unpaired) electrons. The van der Waals surface area contributed by atoms with Crippen LogP contribution in [0.4, 0.5) is 0 Å². The number of aromatic nitrogens is 2. The maximum Gasteiger partial charge on any atom is 0.294 e. The Hall–Kier alpha value is -3.93. The molecule has 0 aliphatic rings. The van der Waals surface area contributed by atoms with Gasteiger partial charge in [0.1, 0.15) is 18.0 Å². The number of rotatable bonds is 7. The van der Waals surface area contributed by atoms with Gasteiger partial charge in [-0.3, -0.25) is 9.59 Å². The Bertz CT molecular complexity index is 1210. The summed E-state index contributed by atoms with van der Waals surface area (Å²) in [5, 5.41) is 0.551. The lowest BCUT2D eigenvalue weighted by Crippen LogP contribution is -2.29. The van der Waals surface area contributed by atoms with Crippen molar-refractivity contribution in [3.05, 3.63) is 95.8 Å². The second-order valence-electron chi connectivity index (χ2n) is 7.47. The highest BCUT2D eigenvalue weighted by molar-refractivity contribution is 6.45. The van der Waals surface area contributed by atoms with Gasteiger partial charge < -0.3 is 14.2 Å². The Morgan fingerprint density at radius 3 is 2.23 bits per heavy atom. The number of carbonyl (C=O) groups is 2. The second-order valence-corrected chi connectivity index (χ2v) is 7.47. The molecular formula is C25H23N3O3. The number of carbonyl (C=O) groups excluding carboxylic acids is 2. The van der Waals surface area contributed by atoms with E-state index in [0.717, 1.165) is 11.1 Å². The predicted molar refractivity (Wildman–Crippen MR) is 119 cm³/mol. The van der Waals surface area contributed by atoms with Crippen LogP contribution in [-0.4, -0.2) is 40.2 Å². The van der Waals surface area contributed by atoms with Gasteiger partial charge in [-0.2, -0.15) is 0 Å². The number of ketones is 1. The molecule has 6 heteroatoms. The summed E-state index contributed by atoms with van der Waals surface area (Å²) in [5.74, 6) is -0.647. The highest BCUT2D eigenvalue weighted by atomic mass is 16.5. The minimum Gasteiger partial charge on any atom is -0.488 e. The topological polar surface area (TPSA) is 64.4 Å². The third-order valence-corrected chi connectivity index (χ3v) is 5.00. The summed E-state index contributed by atoms with van der Waals surface area (Å²) >= 11 is 0. The molecule has 2 aromatic heterocycles. The van der Waals surface area contributed by atoms with Crippen molar-refractivity contribution in [2.45, 2.75) is 13.2 Å². The van der Waals surface area contributed by atoms with Gasteiger partial charge in [-0.15, -0.1) is 0 Å². The quantitative estimate of drug-likeness (QED) is 0.340. The molecule has 156 valence electrons. The monoisotopic (exact) mass is 413 g/mol. The molecule has 0 bridgehead atoms. The number of ether oxygens (including phenoxy) is 1. The van der Waals surface area contributed by atoms with Crippen LogP contribution in [0.1, 0.15) is 21.5 Å². The van der Waals surface area contributed by atoms with Crippen LogP contribution in [0.2, 0.25) is 0 Å². The molecule has 1 amide bonds. The second kappa shape index (κ2) is 8.83. The van der Waals surface area contributed by atoms with Crippen LogP contribution >= 0.6 is 0 Å². The number of amides is 1. The number of Topliss-reactive ketones (excluding diaryl/α,β-unsaturated/α-hetero) is 1. The molecule has 0 aliphatic carbocycles. The maximum absolute atomic E-state index is 13.0. The minimum absolute atomic E-state index is 0.292. The molecule has 0 saturated carbocycles. The lowest BCUT2D eigenvalue weighted by Gasteiger charge is -2.10. The first-order valence-corrected chi connectivity index (χ1v) is 9.99. The van der Waals surface area contributed by atoms with Crippen LogP contribution in [0.3, 0.4) is 0 Å². The first-order chi connectivity index (χ1) is 15.0. The highest BCUT2D eigenvalue weighted by Crippen LogP contribution is 2.31. The minimum atomic E-state index is -0.586. The summed E-state index contributed by atoms with van der Waals surface area (Å²) in [6.07, 6.45) is 3.36. The summed E-state index contributed by atoms with van der Waals surface area (Å²) in [6.45, 7) is 0.870. The molecule has 0 unspecified atom stereocenters. The van der Waals surface area contributed by atoms with Gasteiger partial charge in [0.05, 0.1) is 10.9 Å². The number of fused-ring (bicyclic) bond motifs is 1. The van der Waals surface area contributed by atoms with Gasteiger partial charge in [0, 0.05) is 33.0 Å². The van der Waals surface area contributed by atoms with Crippen molar-refractivity contribution in [1.82, 2.24) is 14.5 Å². The van der Waals surface area contributed by atoms with E-state index in [0.29, 0.717) is 35.5 Å². The van der Waals surface area contributed by atoms with Gasteiger partial charge in [-0.05, 0) is 17.2 Å². The van der Waals surface area contributed by atoms with E-state index in [1.807, 2.05) is 65.2 Å². The zero-order valence-electron chi connectivity index (χ0n) is 17.5. The summed E-state index contributed by atoms with van der Waals surface area (Å²) in [4.78, 5) is 31.2. The van der Waals surface area contributed by atoms with Gasteiger partial charge in [0.25, 0.3) is 11.7 Å². The average Bonchev–Trinajstić information content (AvgIpc) is 3.17. The molecule has 2 heterocycles. The zero-order valence-corrected chi connectivity index (χ0v) is 17.5. The molecule has 0 aliphatic heterocycles. The van der Waals surface area contributed by atoms with Crippen molar-refractivity contribution >= 4 is 22.7 Å². The van der Waals surface area contributed by atoms with Crippen molar-refractivity contribution in [1.29, 1.82) is 0 Å². The molecular weight excluding hydrogens is 390 g/mol. The first-order valence-electron chi connectivity index (χ1n) is 9.99. The third-order valence-electron chi connectivity index (χ3n) is 5.00. The fourth-order valence-corrected chi connectivity index (χ4v) is 3.43. The van der Waals surface area contributed by atoms with Crippen LogP contribution in [0.25, 0.3) is 11.0 Å². The van der Waals surface area contributed by atoms with Crippen molar-refractivity contribution in [2.24, 2.45) is 0 Å². The summed E-state index contributed by atoms with van der Waals surface area (Å²) in [6, 6.07) is 21.4. The number of pyridine rings is 1. The Morgan fingerprint density at radius 2 is 1.58 bits per heavy atom. The van der Waals surface area contributed by atoms with E-state index in [-0.39, 0.29) is 0 Å². The van der Waals surface area contributed by atoms with Crippen molar-refractivity contribution in [2.75, 3.05) is 14.1 Å². The molecule has 0 saturated heterocycles. The fraction of sp³-hybridized carbons (Fsp3) is 0.160. The Morgan fingerprint density at radius 1 is 0.935 bits per heavy atom. The Kier molecular flexibility index (Phi) is 5.80. The van der Waals surface area contributed by atoms with Crippen LogP contribution in [0.5, 0.6) is 5.75 Å². The summed E-state index contributed by atoms with van der Waals surface area (Å²) in [5.41, 5.74) is 2.97. The Labute approximate surface area is 180 Å². The molecule has 31 heavy (non-hydrogen) atoms. The molecule has 0 N–H and O–H groups in total. The number of likely N-dealkylation sites (N-methyl/N-ethyl adjacent to an activating group) is 1. The van der Waals surface area contributed by atoms with Crippen molar-refractivity contribution in [3.63, 3.8) is 0 Å². The largest absolute Gasteiger partial charge is 0.488 e. The van der Waals surface area contributed by atoms with Crippen LogP contribution in [0.15, 0.2) is 79.1 Å². The average molecular weight is 413 g/mol. The van der Waals surface area contributed by atoms with Crippen LogP contribution in [-0.2, 0) is 17.9 Å². The van der Waals surface area contributed by atoms with Gasteiger partial charge in [0.15, 0.2) is 0 Å². The molecule has 4 rings (SSSR count). The van der Waals surface area contributed by atoms with E-state index in [1.165, 1.54) is 4.90 Å². The standard InChI is InChI=1S/C25H23N3O3/c1-27(2)25(30)23(29)20-16-28(15-18-9-5-3-6-10-18)24-22(20)21(13-14-26-24)31-17-19-11-7-4-8-12-19/h3-14,16H,15,17H2,1-2H3. The van der Waals surface area contributed by atoms with E-state index in [9.17, 15) is 9.59 Å². The molecule has 4 aromatic rings. The predicted octanol–water partition coefficient (Wildman–Crippen LogP) is 3.93. The van der Waals surface area contributed by atoms with Crippen LogP contribution < -0.4 is 4.74 Å². The van der Waals surface area contributed by atoms with E-state index in [4.69, 9.17) is 4.74 Å². The van der Waals surface area contributed by atoms with Gasteiger partial charge >= 0.3 is 0 Å². The summed E-state index contributed by atoms with van der Waals surface area (Å²) in [7, 11) is 3.13. The molecule has 0 spiro atoms. The number of benzene rings is 2. The summed E-state index contributed by atoms with van der Waals surface area (Å²) < 4.78 is 7.95. The molecule has 0 atom stereocenters. The van der Waals surface area contributed by atoms with Crippen molar-refractivity contribution < 1.29 is 14.3 Å². The van der Waals surface area contributed by atoms with Gasteiger partial charge in [0.2, 0.25) is 0 Å². The fourth-order valence-electron chi connectivity index (χ4n) is 3.43. The van der Waals surface area contributed by atoms with Crippen molar-refractivity contribution in [3.8, 4) is 5.75 Å². The first kappa shape index (κ1) is 20.3. The lowest BCUT2D eigenvalue weighted by molar-refractivity contribution is -0.124. The Balaban J connectivity index is 1.78. The highest BCUT2D eigenvalue weighted by Gasteiger charge is 2.26. The lowest BCUT2D eigenvalue weighted by atomic mass is 10.1. The smallest absolute Gasteiger partial charge is 0.294 e. The van der Waals surface area contributed by atoms with E-state index in [2.05, 4.69) is 4.98 Å². The van der Waals surface area contributed by atoms with Gasteiger partial charge in [-0.1, -0.05) is 60.7 Å². The molecule has 2 aromatic carbocycles. The zero-order chi connectivity index (χ0) is 21.8. The number of hydrogen-bond acceptors (Lipinski definition) is 4. The number of nitrogens with zero attached hydrogens (tertiary/aromatic N) is 3. The maximum atomic E-state index is 13.0. The van der Waals surface area contributed by atoms with Gasteiger partial charge in [-0.25, -0.2) is 4.98 Å². The molecule has 6 nitrogen and oxygen atoms in total. The molecule has 0 fully saturated rings. The third kappa shape index (κ3) is 4.33. The van der Waals surface area contributed by atoms with E-state index in [1.54, 1.807) is 32.6 Å². The van der Waals surface area contributed by atoms with E-state index >= 15 is 0 Å². The normalized spacial score (nSPS) is 10.8. The number of hydrogen-bond donors (Lipinski definition) is 0. The SMILES string of the molecule is CN(C)C(=O)C(=O)c1cn(Cc2ccccc2)c2nccc(OCc3ccccc3)c12. The van der Waals surface area contributed by atoms with Crippen LogP contribution in [0, 0.1) is 0 Å².